The van der Waals surface area contributed by atoms with Crippen LogP contribution in [0.5, 0.6) is 0 Å². The zero-order chi connectivity index (χ0) is 13.5. The van der Waals surface area contributed by atoms with Crippen molar-refractivity contribution >= 4 is 5.97 Å². The molecule has 17 heavy (non-hydrogen) atoms. The van der Waals surface area contributed by atoms with Crippen LogP contribution >= 0.6 is 0 Å². The van der Waals surface area contributed by atoms with Crippen LogP contribution in [0.3, 0.4) is 0 Å². The van der Waals surface area contributed by atoms with Crippen molar-refractivity contribution in [3.05, 3.63) is 12.2 Å². The third kappa shape index (κ3) is 7.13. The molecule has 4 heteroatoms. The molecule has 0 fully saturated rings. The Kier molecular flexibility index (Phi) is 7.07. The first kappa shape index (κ1) is 16.1. The van der Waals surface area contributed by atoms with Gasteiger partial charge in [-0.05, 0) is 27.2 Å². The molecule has 0 saturated carbocycles. The Labute approximate surface area is 104 Å². The summed E-state index contributed by atoms with van der Waals surface area (Å²) in [5.74, 6) is -0.399. The summed E-state index contributed by atoms with van der Waals surface area (Å²) in [4.78, 5) is 11.3. The fourth-order valence-electron chi connectivity index (χ4n) is 1.13. The second-order valence-corrected chi connectivity index (χ2v) is 4.69. The highest BCUT2D eigenvalue weighted by atomic mass is 16.6. The maximum absolute atomic E-state index is 11.3. The summed E-state index contributed by atoms with van der Waals surface area (Å²) >= 11 is 0. The van der Waals surface area contributed by atoms with Gasteiger partial charge in [0.2, 0.25) is 0 Å². The Hall–Kier alpha value is -0.870. The highest BCUT2D eigenvalue weighted by Crippen LogP contribution is 2.17. The Bertz CT molecular complexity index is 258. The highest BCUT2D eigenvalue weighted by molar-refractivity contribution is 5.86. The van der Waals surface area contributed by atoms with Gasteiger partial charge in [0.05, 0.1) is 12.2 Å². The van der Waals surface area contributed by atoms with Gasteiger partial charge in [-0.2, -0.15) is 0 Å². The van der Waals surface area contributed by atoms with Crippen LogP contribution in [0.2, 0.25) is 0 Å². The van der Waals surface area contributed by atoms with Crippen LogP contribution in [-0.4, -0.2) is 38.0 Å². The molecule has 0 spiro atoms. The first-order valence-electron chi connectivity index (χ1n) is 5.81. The molecule has 0 saturated heterocycles. The second-order valence-electron chi connectivity index (χ2n) is 4.69. The number of esters is 1. The van der Waals surface area contributed by atoms with Gasteiger partial charge in [-0.25, -0.2) is 4.79 Å². The topological polar surface area (TPSA) is 44.8 Å². The summed E-state index contributed by atoms with van der Waals surface area (Å²) in [5.41, 5.74) is 0.134. The number of rotatable bonds is 8. The minimum atomic E-state index is -0.399. The van der Waals surface area contributed by atoms with Gasteiger partial charge < -0.3 is 14.2 Å². The normalized spacial score (nSPS) is 13.2. The SMILES string of the molecule is C=C(C)C(=O)OCC(COC)OC(C)(C)CC. The second kappa shape index (κ2) is 7.45. The van der Waals surface area contributed by atoms with Crippen molar-refractivity contribution < 1.29 is 19.0 Å². The lowest BCUT2D eigenvalue weighted by Crippen LogP contribution is -2.36. The van der Waals surface area contributed by atoms with Crippen molar-refractivity contribution in [2.24, 2.45) is 0 Å². The van der Waals surface area contributed by atoms with E-state index in [1.54, 1.807) is 14.0 Å². The zero-order valence-electron chi connectivity index (χ0n) is 11.5. The molecule has 0 bridgehead atoms. The van der Waals surface area contributed by atoms with Gasteiger partial charge in [-0.15, -0.1) is 0 Å². The van der Waals surface area contributed by atoms with E-state index >= 15 is 0 Å². The predicted octanol–water partition coefficient (Wildman–Crippen LogP) is 2.33. The Balaban J connectivity index is 4.24. The van der Waals surface area contributed by atoms with Crippen molar-refractivity contribution in [3.8, 4) is 0 Å². The molecule has 0 aromatic rings. The van der Waals surface area contributed by atoms with Crippen LogP contribution in [0.15, 0.2) is 12.2 Å². The summed E-state index contributed by atoms with van der Waals surface area (Å²) < 4.78 is 15.9. The minimum absolute atomic E-state index is 0.183. The highest BCUT2D eigenvalue weighted by Gasteiger charge is 2.23. The van der Waals surface area contributed by atoms with E-state index in [0.717, 1.165) is 6.42 Å². The molecule has 0 aliphatic carbocycles. The van der Waals surface area contributed by atoms with E-state index in [2.05, 4.69) is 6.58 Å². The van der Waals surface area contributed by atoms with Crippen LogP contribution in [-0.2, 0) is 19.0 Å². The average Bonchev–Trinajstić information content (AvgIpc) is 2.25. The Morgan fingerprint density at radius 2 is 1.94 bits per heavy atom. The molecule has 100 valence electrons. The molecule has 0 aliphatic rings. The molecule has 0 aliphatic heterocycles. The monoisotopic (exact) mass is 244 g/mol. The van der Waals surface area contributed by atoms with Crippen LogP contribution in [0.4, 0.5) is 0 Å². The van der Waals surface area contributed by atoms with Crippen molar-refractivity contribution in [2.75, 3.05) is 20.3 Å². The molecule has 0 aromatic heterocycles. The van der Waals surface area contributed by atoms with Crippen LogP contribution in [0.1, 0.15) is 34.1 Å². The van der Waals surface area contributed by atoms with Crippen molar-refractivity contribution in [1.29, 1.82) is 0 Å². The third-order valence-corrected chi connectivity index (χ3v) is 2.44. The quantitative estimate of drug-likeness (QED) is 0.485. The van der Waals surface area contributed by atoms with Gasteiger partial charge in [0.25, 0.3) is 0 Å². The van der Waals surface area contributed by atoms with Crippen LogP contribution in [0.25, 0.3) is 0 Å². The molecule has 0 amide bonds. The van der Waals surface area contributed by atoms with Crippen LogP contribution < -0.4 is 0 Å². The molecule has 0 heterocycles. The van der Waals surface area contributed by atoms with E-state index in [9.17, 15) is 4.79 Å². The van der Waals surface area contributed by atoms with Crippen molar-refractivity contribution in [1.82, 2.24) is 0 Å². The van der Waals surface area contributed by atoms with Gasteiger partial charge in [0.1, 0.15) is 12.7 Å². The number of carbonyl (C=O) groups is 1. The van der Waals surface area contributed by atoms with E-state index < -0.39 is 5.97 Å². The molecule has 1 unspecified atom stereocenters. The largest absolute Gasteiger partial charge is 0.459 e. The molecule has 1 atom stereocenters. The van der Waals surface area contributed by atoms with Gasteiger partial charge in [-0.3, -0.25) is 0 Å². The predicted molar refractivity (Wildman–Crippen MR) is 66.9 cm³/mol. The molecule has 0 aromatic carbocycles. The fraction of sp³-hybridized carbons (Fsp3) is 0.769. The Morgan fingerprint density at radius 3 is 2.35 bits per heavy atom. The average molecular weight is 244 g/mol. The number of hydrogen-bond donors (Lipinski definition) is 0. The molecule has 0 rings (SSSR count). The van der Waals surface area contributed by atoms with E-state index in [1.807, 2.05) is 20.8 Å². The van der Waals surface area contributed by atoms with Gasteiger partial charge in [0, 0.05) is 12.7 Å². The maximum Gasteiger partial charge on any atom is 0.333 e. The number of carbonyl (C=O) groups excluding carboxylic acids is 1. The van der Waals surface area contributed by atoms with E-state index in [0.29, 0.717) is 12.2 Å². The van der Waals surface area contributed by atoms with E-state index in [-0.39, 0.29) is 18.3 Å². The summed E-state index contributed by atoms with van der Waals surface area (Å²) in [6.07, 6.45) is 0.625. The van der Waals surface area contributed by atoms with Gasteiger partial charge in [-0.1, -0.05) is 13.5 Å². The van der Waals surface area contributed by atoms with E-state index in [1.165, 1.54) is 0 Å². The van der Waals surface area contributed by atoms with Crippen molar-refractivity contribution in [3.63, 3.8) is 0 Å². The zero-order valence-corrected chi connectivity index (χ0v) is 11.5. The number of ether oxygens (including phenoxy) is 3. The molecule has 4 nitrogen and oxygen atoms in total. The van der Waals surface area contributed by atoms with E-state index in [4.69, 9.17) is 14.2 Å². The first-order valence-corrected chi connectivity index (χ1v) is 5.81. The lowest BCUT2D eigenvalue weighted by atomic mass is 10.1. The first-order chi connectivity index (χ1) is 7.82. The number of hydrogen-bond acceptors (Lipinski definition) is 4. The lowest BCUT2D eigenvalue weighted by Gasteiger charge is -2.29. The number of methoxy groups -OCH3 is 1. The van der Waals surface area contributed by atoms with Crippen molar-refractivity contribution in [2.45, 2.75) is 45.8 Å². The molecule has 0 N–H and O–H groups in total. The maximum atomic E-state index is 11.3. The molecular formula is C13H24O4. The Morgan fingerprint density at radius 1 is 1.35 bits per heavy atom. The van der Waals surface area contributed by atoms with Crippen LogP contribution in [0, 0.1) is 0 Å². The smallest absolute Gasteiger partial charge is 0.333 e. The summed E-state index contributed by atoms with van der Waals surface area (Å²) in [6, 6.07) is 0. The third-order valence-electron chi connectivity index (χ3n) is 2.44. The molecule has 0 radical (unpaired) electrons. The summed E-state index contributed by atoms with van der Waals surface area (Å²) in [6.45, 7) is 11.8. The minimum Gasteiger partial charge on any atom is -0.459 e. The summed E-state index contributed by atoms with van der Waals surface area (Å²) in [7, 11) is 1.59. The fourth-order valence-corrected chi connectivity index (χ4v) is 1.13. The standard InChI is InChI=1S/C13H24O4/c1-7-13(4,5)17-11(8-15-6)9-16-12(14)10(2)3/h11H,2,7-9H2,1,3-6H3. The molecular weight excluding hydrogens is 220 g/mol. The van der Waals surface area contributed by atoms with Gasteiger partial charge >= 0.3 is 5.97 Å². The lowest BCUT2D eigenvalue weighted by molar-refractivity contribution is -0.154. The van der Waals surface area contributed by atoms with Gasteiger partial charge in [0.15, 0.2) is 0 Å². The summed E-state index contributed by atoms with van der Waals surface area (Å²) in [5, 5.41) is 0.